The minimum absolute atomic E-state index is 0.214. The van der Waals surface area contributed by atoms with Crippen LogP contribution in [0, 0.1) is 11.8 Å². The maximum Gasteiger partial charge on any atom is 0.233 e. The van der Waals surface area contributed by atoms with Gasteiger partial charge in [0, 0.05) is 31.6 Å². The first-order chi connectivity index (χ1) is 14.1. The van der Waals surface area contributed by atoms with Crippen molar-refractivity contribution in [2.75, 3.05) is 45.1 Å². The third kappa shape index (κ3) is 5.27. The summed E-state index contributed by atoms with van der Waals surface area (Å²) in [5, 5.41) is 1.93. The Balaban J connectivity index is 1.48. The Kier molecular flexibility index (Phi) is 6.67. The van der Waals surface area contributed by atoms with Crippen LogP contribution in [0.25, 0.3) is 10.9 Å². The van der Waals surface area contributed by atoms with Crippen LogP contribution in [0.5, 0.6) is 0 Å². The van der Waals surface area contributed by atoms with Crippen molar-refractivity contribution < 1.29 is 9.53 Å². The highest BCUT2D eigenvalue weighted by Crippen LogP contribution is 2.27. The third-order valence-electron chi connectivity index (χ3n) is 5.64. The first-order valence-electron chi connectivity index (χ1n) is 10.5. The van der Waals surface area contributed by atoms with Gasteiger partial charge in [0.15, 0.2) is 0 Å². The number of piperidine rings is 1. The second-order valence-corrected chi connectivity index (χ2v) is 9.35. The van der Waals surface area contributed by atoms with Gasteiger partial charge in [0.2, 0.25) is 5.91 Å². The summed E-state index contributed by atoms with van der Waals surface area (Å²) in [4.78, 5) is 26.8. The fraction of sp³-hybridized carbons (Fsp3) is 0.591. The normalized spacial score (nSPS) is 23.4. The van der Waals surface area contributed by atoms with Crippen LogP contribution in [0.4, 0.5) is 0 Å². The van der Waals surface area contributed by atoms with E-state index in [0.29, 0.717) is 17.6 Å². The quantitative estimate of drug-likeness (QED) is 0.554. The number of likely N-dealkylation sites (tertiary alicyclic amines) is 1. The van der Waals surface area contributed by atoms with Crippen LogP contribution in [0.1, 0.15) is 26.1 Å². The molecule has 2 atom stereocenters. The maximum absolute atomic E-state index is 12.8. The lowest BCUT2D eigenvalue weighted by Crippen LogP contribution is -2.43. The Hall–Kier alpha value is -1.70. The van der Waals surface area contributed by atoms with E-state index in [-0.39, 0.29) is 5.91 Å². The van der Waals surface area contributed by atoms with E-state index in [2.05, 4.69) is 18.7 Å². The molecule has 1 aromatic carbocycles. The van der Waals surface area contributed by atoms with Gasteiger partial charge in [-0.25, -0.2) is 9.97 Å². The van der Waals surface area contributed by atoms with Gasteiger partial charge in [-0.2, -0.15) is 0 Å². The van der Waals surface area contributed by atoms with Gasteiger partial charge in [-0.1, -0.05) is 43.8 Å². The Morgan fingerprint density at radius 3 is 2.62 bits per heavy atom. The van der Waals surface area contributed by atoms with Gasteiger partial charge in [0.25, 0.3) is 0 Å². The predicted molar refractivity (Wildman–Crippen MR) is 116 cm³/mol. The Bertz CT molecular complexity index is 846. The largest absolute Gasteiger partial charge is 0.379 e. The zero-order valence-corrected chi connectivity index (χ0v) is 18.2. The molecule has 3 heterocycles. The molecule has 0 N–H and O–H groups in total. The number of morpholine rings is 1. The first-order valence-corrected chi connectivity index (χ1v) is 11.5. The fourth-order valence-corrected chi connectivity index (χ4v) is 5.26. The van der Waals surface area contributed by atoms with Crippen LogP contribution in [0.15, 0.2) is 29.3 Å². The summed E-state index contributed by atoms with van der Waals surface area (Å²) in [5.74, 6) is 2.62. The van der Waals surface area contributed by atoms with E-state index in [0.717, 1.165) is 67.7 Å². The Labute approximate surface area is 177 Å². The molecule has 0 aliphatic carbocycles. The molecule has 29 heavy (non-hydrogen) atoms. The molecule has 0 bridgehead atoms. The van der Waals surface area contributed by atoms with Crippen LogP contribution >= 0.6 is 11.8 Å². The number of ether oxygens (including phenoxy) is 1. The number of carbonyl (C=O) groups excluding carboxylic acids is 1. The van der Waals surface area contributed by atoms with E-state index in [9.17, 15) is 4.79 Å². The van der Waals surface area contributed by atoms with Crippen molar-refractivity contribution in [2.45, 2.75) is 31.8 Å². The summed E-state index contributed by atoms with van der Waals surface area (Å²) in [6.07, 6.45) is 1.21. The lowest BCUT2D eigenvalue weighted by atomic mass is 9.92. The molecule has 2 saturated heterocycles. The van der Waals surface area contributed by atoms with Crippen LogP contribution in [0.2, 0.25) is 0 Å². The highest BCUT2D eigenvalue weighted by Gasteiger charge is 2.25. The maximum atomic E-state index is 12.8. The molecule has 6 nitrogen and oxygen atoms in total. The molecule has 4 rings (SSSR count). The van der Waals surface area contributed by atoms with Crippen LogP contribution in [-0.4, -0.2) is 70.8 Å². The molecular formula is C22H30N4O2S. The summed E-state index contributed by atoms with van der Waals surface area (Å²) < 4.78 is 5.44. The molecule has 2 fully saturated rings. The average molecular weight is 415 g/mol. The van der Waals surface area contributed by atoms with Crippen molar-refractivity contribution in [3.63, 3.8) is 0 Å². The molecule has 156 valence electrons. The van der Waals surface area contributed by atoms with Gasteiger partial charge in [-0.05, 0) is 24.3 Å². The molecule has 1 amide bonds. The van der Waals surface area contributed by atoms with Crippen LogP contribution in [-0.2, 0) is 16.1 Å². The zero-order valence-electron chi connectivity index (χ0n) is 17.3. The van der Waals surface area contributed by atoms with E-state index in [1.54, 1.807) is 11.8 Å². The summed E-state index contributed by atoms with van der Waals surface area (Å²) in [6.45, 7) is 10.3. The Morgan fingerprint density at radius 2 is 1.86 bits per heavy atom. The zero-order chi connectivity index (χ0) is 20.2. The molecule has 0 radical (unpaired) electrons. The number of benzene rings is 1. The number of fused-ring (bicyclic) bond motifs is 1. The number of thioether (sulfide) groups is 1. The number of para-hydroxylation sites is 1. The number of carbonyl (C=O) groups is 1. The topological polar surface area (TPSA) is 58.6 Å². The minimum atomic E-state index is 0.214. The molecular weight excluding hydrogens is 384 g/mol. The van der Waals surface area contributed by atoms with Gasteiger partial charge in [-0.3, -0.25) is 9.69 Å². The first kappa shape index (κ1) is 20.6. The number of amides is 1. The van der Waals surface area contributed by atoms with Crippen LogP contribution in [0.3, 0.4) is 0 Å². The second-order valence-electron chi connectivity index (χ2n) is 8.38. The number of hydrogen-bond acceptors (Lipinski definition) is 6. The smallest absolute Gasteiger partial charge is 0.233 e. The van der Waals surface area contributed by atoms with Crippen LogP contribution < -0.4 is 0 Å². The molecule has 2 aliphatic rings. The van der Waals surface area contributed by atoms with Crippen molar-refractivity contribution in [1.29, 1.82) is 0 Å². The van der Waals surface area contributed by atoms with Gasteiger partial charge in [0.1, 0.15) is 10.9 Å². The van der Waals surface area contributed by atoms with Gasteiger partial charge < -0.3 is 9.64 Å². The van der Waals surface area contributed by atoms with Gasteiger partial charge in [-0.15, -0.1) is 0 Å². The van der Waals surface area contributed by atoms with Crippen molar-refractivity contribution >= 4 is 28.6 Å². The molecule has 2 aliphatic heterocycles. The summed E-state index contributed by atoms with van der Waals surface area (Å²) >= 11 is 1.54. The fourth-order valence-electron chi connectivity index (χ4n) is 4.32. The van der Waals surface area contributed by atoms with E-state index < -0.39 is 0 Å². The molecule has 2 aromatic rings. The molecule has 7 heteroatoms. The average Bonchev–Trinajstić information content (AvgIpc) is 2.72. The third-order valence-corrected chi connectivity index (χ3v) is 6.61. The van der Waals surface area contributed by atoms with Gasteiger partial charge in [0.05, 0.1) is 31.0 Å². The van der Waals surface area contributed by atoms with Crippen molar-refractivity contribution in [1.82, 2.24) is 19.8 Å². The lowest BCUT2D eigenvalue weighted by Gasteiger charge is -2.35. The molecule has 0 saturated carbocycles. The summed E-state index contributed by atoms with van der Waals surface area (Å²) in [6, 6.07) is 8.09. The molecule has 1 aromatic heterocycles. The van der Waals surface area contributed by atoms with E-state index >= 15 is 0 Å². The highest BCUT2D eigenvalue weighted by molar-refractivity contribution is 8.00. The number of aromatic nitrogens is 2. The minimum Gasteiger partial charge on any atom is -0.379 e. The standard InChI is InChI=1S/C22H30N4O2S/c1-16-11-17(2)13-26(12-16)21(27)15-29-22-18-5-3-4-6-19(18)23-20(24-22)14-25-7-9-28-10-8-25/h3-6,16-17H,7-15H2,1-2H3. The van der Waals surface area contributed by atoms with E-state index in [1.807, 2.05) is 29.2 Å². The SMILES string of the molecule is CC1CC(C)CN(C(=O)CSc2nc(CN3CCOCC3)nc3ccccc23)C1. The highest BCUT2D eigenvalue weighted by atomic mass is 32.2. The monoisotopic (exact) mass is 414 g/mol. The number of rotatable bonds is 5. The summed E-state index contributed by atoms with van der Waals surface area (Å²) in [7, 11) is 0. The van der Waals surface area contributed by atoms with Crippen molar-refractivity contribution in [3.8, 4) is 0 Å². The number of hydrogen-bond donors (Lipinski definition) is 0. The van der Waals surface area contributed by atoms with Crippen molar-refractivity contribution in [2.24, 2.45) is 11.8 Å². The van der Waals surface area contributed by atoms with Crippen molar-refractivity contribution in [3.05, 3.63) is 30.1 Å². The molecule has 2 unspecified atom stereocenters. The number of nitrogens with zero attached hydrogens (tertiary/aromatic N) is 4. The second kappa shape index (κ2) is 9.41. The molecule has 0 spiro atoms. The lowest BCUT2D eigenvalue weighted by molar-refractivity contribution is -0.130. The summed E-state index contributed by atoms with van der Waals surface area (Å²) in [5.41, 5.74) is 0.945. The van der Waals surface area contributed by atoms with E-state index in [4.69, 9.17) is 14.7 Å². The van der Waals surface area contributed by atoms with Gasteiger partial charge >= 0.3 is 0 Å². The van der Waals surface area contributed by atoms with E-state index in [1.165, 1.54) is 6.42 Å². The predicted octanol–water partition coefficient (Wildman–Crippen LogP) is 3.06. The Morgan fingerprint density at radius 1 is 1.14 bits per heavy atom.